The highest BCUT2D eigenvalue weighted by molar-refractivity contribution is 5.76. The van der Waals surface area contributed by atoms with Crippen LogP contribution in [0.3, 0.4) is 0 Å². The van der Waals surface area contributed by atoms with E-state index in [2.05, 4.69) is 4.90 Å². The van der Waals surface area contributed by atoms with Gasteiger partial charge in [0.25, 0.3) is 0 Å². The minimum Gasteiger partial charge on any atom is -0.493 e. The van der Waals surface area contributed by atoms with Gasteiger partial charge >= 0.3 is 0 Å². The summed E-state index contributed by atoms with van der Waals surface area (Å²) in [6.45, 7) is 3.39. The molecule has 27 heavy (non-hydrogen) atoms. The summed E-state index contributed by atoms with van der Waals surface area (Å²) >= 11 is 0. The van der Waals surface area contributed by atoms with Crippen LogP contribution in [0.5, 0.6) is 11.5 Å². The van der Waals surface area contributed by atoms with Crippen LogP contribution in [0.15, 0.2) is 18.2 Å². The van der Waals surface area contributed by atoms with Gasteiger partial charge in [0.05, 0.1) is 14.2 Å². The molecule has 1 aromatic carbocycles. The van der Waals surface area contributed by atoms with Gasteiger partial charge < -0.3 is 19.3 Å². The molecule has 0 aliphatic carbocycles. The molecule has 1 aromatic rings. The van der Waals surface area contributed by atoms with E-state index >= 15 is 0 Å². The van der Waals surface area contributed by atoms with Crippen LogP contribution in [0.4, 0.5) is 0 Å². The highest BCUT2D eigenvalue weighted by atomic mass is 16.5. The van der Waals surface area contributed by atoms with Gasteiger partial charge in [0.15, 0.2) is 11.5 Å². The summed E-state index contributed by atoms with van der Waals surface area (Å²) in [7, 11) is 5.24. The Kier molecular flexibility index (Phi) is 7.00. The number of piperidine rings is 2. The van der Waals surface area contributed by atoms with Crippen LogP contribution < -0.4 is 9.47 Å². The third-order valence-electron chi connectivity index (χ3n) is 6.24. The zero-order chi connectivity index (χ0) is 19.2. The van der Waals surface area contributed by atoms with Crippen LogP contribution in [0.2, 0.25) is 0 Å². The van der Waals surface area contributed by atoms with Crippen molar-refractivity contribution in [2.45, 2.75) is 51.0 Å². The number of ether oxygens (including phenoxy) is 2. The molecule has 2 aliphatic rings. The number of hydrogen-bond acceptors (Lipinski definition) is 4. The summed E-state index contributed by atoms with van der Waals surface area (Å²) in [6.07, 6.45) is 7.77. The maximum atomic E-state index is 12.7. The Balaban J connectivity index is 1.52. The van der Waals surface area contributed by atoms with Gasteiger partial charge in [-0.1, -0.05) is 12.5 Å². The van der Waals surface area contributed by atoms with Crippen LogP contribution in [-0.4, -0.2) is 62.7 Å². The molecule has 150 valence electrons. The predicted octanol–water partition coefficient (Wildman–Crippen LogP) is 3.36. The first kappa shape index (κ1) is 20.0. The van der Waals surface area contributed by atoms with Crippen molar-refractivity contribution in [1.29, 1.82) is 0 Å². The lowest BCUT2D eigenvalue weighted by Crippen LogP contribution is -2.51. The van der Waals surface area contributed by atoms with E-state index in [9.17, 15) is 4.79 Å². The molecule has 0 spiro atoms. The lowest BCUT2D eigenvalue weighted by molar-refractivity contribution is -0.131. The molecule has 2 atom stereocenters. The van der Waals surface area contributed by atoms with E-state index in [4.69, 9.17) is 9.47 Å². The Hall–Kier alpha value is -1.75. The molecule has 5 heteroatoms. The van der Waals surface area contributed by atoms with Gasteiger partial charge in [-0.05, 0) is 68.8 Å². The molecule has 3 rings (SSSR count). The number of carbonyl (C=O) groups excluding carboxylic acids is 1. The van der Waals surface area contributed by atoms with Gasteiger partial charge in [-0.15, -0.1) is 0 Å². The molecule has 5 nitrogen and oxygen atoms in total. The first-order chi connectivity index (χ1) is 13.1. The van der Waals surface area contributed by atoms with Crippen LogP contribution in [0.1, 0.15) is 44.1 Å². The summed E-state index contributed by atoms with van der Waals surface area (Å²) in [4.78, 5) is 17.3. The van der Waals surface area contributed by atoms with Gasteiger partial charge in [0, 0.05) is 26.1 Å². The SMILES string of the molecule is COc1ccc(CCC(=O)N(C)CC2CCCN3CCCCC23)cc1OC. The molecule has 2 unspecified atom stereocenters. The largest absolute Gasteiger partial charge is 0.493 e. The van der Waals surface area contributed by atoms with E-state index in [1.807, 2.05) is 30.1 Å². The fourth-order valence-electron chi connectivity index (χ4n) is 4.72. The number of nitrogens with zero attached hydrogens (tertiary/aromatic N) is 2. The number of hydrogen-bond donors (Lipinski definition) is 0. The average molecular weight is 375 g/mol. The summed E-state index contributed by atoms with van der Waals surface area (Å²) in [5.41, 5.74) is 1.10. The van der Waals surface area contributed by atoms with Gasteiger partial charge in [-0.3, -0.25) is 4.79 Å². The van der Waals surface area contributed by atoms with Crippen molar-refractivity contribution >= 4 is 5.91 Å². The fraction of sp³-hybridized carbons (Fsp3) is 0.682. The molecule has 2 fully saturated rings. The minimum absolute atomic E-state index is 0.234. The van der Waals surface area contributed by atoms with E-state index in [1.54, 1.807) is 14.2 Å². The van der Waals surface area contributed by atoms with Crippen molar-refractivity contribution in [3.63, 3.8) is 0 Å². The van der Waals surface area contributed by atoms with Crippen LogP contribution >= 0.6 is 0 Å². The number of rotatable bonds is 7. The standard InChI is InChI=1S/C22H34N2O3/c1-23(16-18-7-6-14-24-13-5-4-8-19(18)24)22(25)12-10-17-9-11-20(26-2)21(15-17)27-3/h9,11,15,18-19H,4-8,10,12-14,16H2,1-3H3. The Labute approximate surface area is 163 Å². The normalized spacial score (nSPS) is 22.8. The zero-order valence-electron chi connectivity index (χ0n) is 17.1. The molecule has 0 bridgehead atoms. The number of carbonyl (C=O) groups is 1. The Morgan fingerprint density at radius 2 is 1.89 bits per heavy atom. The zero-order valence-corrected chi connectivity index (χ0v) is 17.1. The smallest absolute Gasteiger partial charge is 0.222 e. The second-order valence-corrected chi connectivity index (χ2v) is 7.97. The summed E-state index contributed by atoms with van der Waals surface area (Å²) in [5, 5.41) is 0. The Morgan fingerprint density at radius 3 is 2.67 bits per heavy atom. The fourth-order valence-corrected chi connectivity index (χ4v) is 4.72. The van der Waals surface area contributed by atoms with Gasteiger partial charge in [-0.2, -0.15) is 0 Å². The Morgan fingerprint density at radius 1 is 1.11 bits per heavy atom. The molecule has 0 aromatic heterocycles. The van der Waals surface area contributed by atoms with Gasteiger partial charge in [0.2, 0.25) is 5.91 Å². The third-order valence-corrected chi connectivity index (χ3v) is 6.24. The monoisotopic (exact) mass is 374 g/mol. The molecular weight excluding hydrogens is 340 g/mol. The number of fused-ring (bicyclic) bond motifs is 1. The van der Waals surface area contributed by atoms with Crippen molar-refractivity contribution in [2.75, 3.05) is 40.9 Å². The molecule has 0 N–H and O–H groups in total. The highest BCUT2D eigenvalue weighted by Crippen LogP contribution is 2.31. The third kappa shape index (κ3) is 4.95. The highest BCUT2D eigenvalue weighted by Gasteiger charge is 2.33. The van der Waals surface area contributed by atoms with E-state index in [-0.39, 0.29) is 5.91 Å². The average Bonchev–Trinajstić information content (AvgIpc) is 2.71. The first-order valence-corrected chi connectivity index (χ1v) is 10.3. The van der Waals surface area contributed by atoms with Crippen molar-refractivity contribution in [2.24, 2.45) is 5.92 Å². The van der Waals surface area contributed by atoms with E-state index in [0.717, 1.165) is 30.0 Å². The first-order valence-electron chi connectivity index (χ1n) is 10.3. The molecule has 0 radical (unpaired) electrons. The number of aryl methyl sites for hydroxylation is 1. The number of amides is 1. The second kappa shape index (κ2) is 9.45. The second-order valence-electron chi connectivity index (χ2n) is 7.97. The lowest BCUT2D eigenvalue weighted by Gasteiger charge is -2.45. The summed E-state index contributed by atoms with van der Waals surface area (Å²) < 4.78 is 10.6. The van der Waals surface area contributed by atoms with Crippen LogP contribution in [-0.2, 0) is 11.2 Å². The van der Waals surface area contributed by atoms with Crippen molar-refractivity contribution in [3.05, 3.63) is 23.8 Å². The minimum atomic E-state index is 0.234. The molecular formula is C22H34N2O3. The molecule has 0 saturated carbocycles. The van der Waals surface area contributed by atoms with E-state index < -0.39 is 0 Å². The van der Waals surface area contributed by atoms with Crippen molar-refractivity contribution in [3.8, 4) is 11.5 Å². The van der Waals surface area contributed by atoms with Crippen LogP contribution in [0, 0.1) is 5.92 Å². The number of benzene rings is 1. The summed E-state index contributed by atoms with van der Waals surface area (Å²) in [6, 6.07) is 6.57. The maximum absolute atomic E-state index is 12.7. The molecule has 2 saturated heterocycles. The summed E-state index contributed by atoms with van der Waals surface area (Å²) in [5.74, 6) is 2.31. The van der Waals surface area contributed by atoms with E-state index in [0.29, 0.717) is 18.4 Å². The van der Waals surface area contributed by atoms with Crippen LogP contribution in [0.25, 0.3) is 0 Å². The number of methoxy groups -OCH3 is 2. The van der Waals surface area contributed by atoms with E-state index in [1.165, 1.54) is 45.2 Å². The van der Waals surface area contributed by atoms with Crippen molar-refractivity contribution < 1.29 is 14.3 Å². The topological polar surface area (TPSA) is 42.0 Å². The quantitative estimate of drug-likeness (QED) is 0.734. The molecule has 2 aliphatic heterocycles. The lowest BCUT2D eigenvalue weighted by atomic mass is 9.83. The Bertz CT molecular complexity index is 632. The predicted molar refractivity (Wildman–Crippen MR) is 107 cm³/mol. The molecule has 1 amide bonds. The molecule has 2 heterocycles. The van der Waals surface area contributed by atoms with Gasteiger partial charge in [0.1, 0.15) is 0 Å². The van der Waals surface area contributed by atoms with Crippen molar-refractivity contribution in [1.82, 2.24) is 9.80 Å². The van der Waals surface area contributed by atoms with Gasteiger partial charge in [-0.25, -0.2) is 0 Å². The maximum Gasteiger partial charge on any atom is 0.222 e.